The van der Waals surface area contributed by atoms with Crippen molar-refractivity contribution in [3.63, 3.8) is 0 Å². The van der Waals surface area contributed by atoms with Gasteiger partial charge in [0.2, 0.25) is 0 Å². The number of esters is 1. The van der Waals surface area contributed by atoms with Crippen LogP contribution in [-0.2, 0) is 11.3 Å². The highest BCUT2D eigenvalue weighted by atomic mass is 16.5. The van der Waals surface area contributed by atoms with Crippen LogP contribution in [0.4, 0.5) is 0 Å². The van der Waals surface area contributed by atoms with Crippen molar-refractivity contribution in [1.29, 1.82) is 0 Å². The zero-order chi connectivity index (χ0) is 13.9. The van der Waals surface area contributed by atoms with E-state index in [9.17, 15) is 4.79 Å². The Labute approximate surface area is 114 Å². The van der Waals surface area contributed by atoms with Gasteiger partial charge < -0.3 is 10.5 Å². The molecule has 19 heavy (non-hydrogen) atoms. The third kappa shape index (κ3) is 3.77. The van der Waals surface area contributed by atoms with Crippen molar-refractivity contribution in [1.82, 2.24) is 4.98 Å². The second kappa shape index (κ2) is 5.70. The van der Waals surface area contributed by atoms with E-state index in [-0.39, 0.29) is 12.1 Å². The molecule has 1 saturated carbocycles. The van der Waals surface area contributed by atoms with Crippen LogP contribution in [0.1, 0.15) is 55.6 Å². The van der Waals surface area contributed by atoms with Gasteiger partial charge in [-0.3, -0.25) is 4.98 Å². The molecule has 1 aliphatic carbocycles. The minimum Gasteiger partial charge on any atom is -0.459 e. The number of carbonyl (C=O) groups excluding carboxylic acids is 1. The van der Waals surface area contributed by atoms with Crippen LogP contribution >= 0.6 is 0 Å². The molecule has 2 rings (SSSR count). The van der Waals surface area contributed by atoms with Gasteiger partial charge in [-0.15, -0.1) is 0 Å². The molecule has 0 aromatic carbocycles. The van der Waals surface area contributed by atoms with E-state index in [4.69, 9.17) is 10.5 Å². The maximum Gasteiger partial charge on any atom is 0.338 e. The molecule has 4 heteroatoms. The van der Waals surface area contributed by atoms with Crippen molar-refractivity contribution in [3.8, 4) is 0 Å². The Balaban J connectivity index is 1.94. The molecule has 1 aliphatic rings. The normalized spacial score (nSPS) is 19.1. The first-order chi connectivity index (χ1) is 9.00. The first kappa shape index (κ1) is 14.0. The second-order valence-corrected chi connectivity index (χ2v) is 6.01. The topological polar surface area (TPSA) is 65.2 Å². The summed E-state index contributed by atoms with van der Waals surface area (Å²) in [6.45, 7) is 4.86. The molecule has 104 valence electrons. The van der Waals surface area contributed by atoms with E-state index >= 15 is 0 Å². The fourth-order valence-electron chi connectivity index (χ4n) is 2.43. The van der Waals surface area contributed by atoms with Gasteiger partial charge in [0.25, 0.3) is 0 Å². The third-order valence-corrected chi connectivity index (χ3v) is 3.82. The molecule has 0 spiro atoms. The van der Waals surface area contributed by atoms with Gasteiger partial charge in [0.15, 0.2) is 0 Å². The van der Waals surface area contributed by atoms with E-state index in [0.717, 1.165) is 25.7 Å². The molecule has 0 radical (unpaired) electrons. The third-order valence-electron chi connectivity index (χ3n) is 3.82. The zero-order valence-corrected chi connectivity index (χ0v) is 11.7. The number of hydrogen-bond donors (Lipinski definition) is 1. The van der Waals surface area contributed by atoms with Crippen molar-refractivity contribution in [2.45, 2.75) is 52.2 Å². The predicted molar refractivity (Wildman–Crippen MR) is 73.6 cm³/mol. The minimum absolute atomic E-state index is 0.0509. The van der Waals surface area contributed by atoms with Crippen molar-refractivity contribution in [2.24, 2.45) is 11.1 Å². The van der Waals surface area contributed by atoms with Crippen molar-refractivity contribution >= 4 is 5.97 Å². The molecule has 1 fully saturated rings. The quantitative estimate of drug-likeness (QED) is 0.850. The molecular formula is C15H22N2O2. The van der Waals surface area contributed by atoms with Crippen molar-refractivity contribution in [3.05, 3.63) is 29.6 Å². The summed E-state index contributed by atoms with van der Waals surface area (Å²) >= 11 is 0. The first-order valence-corrected chi connectivity index (χ1v) is 6.86. The highest BCUT2D eigenvalue weighted by molar-refractivity contribution is 5.89. The molecule has 0 aliphatic heterocycles. The van der Waals surface area contributed by atoms with E-state index in [1.165, 1.54) is 0 Å². The second-order valence-electron chi connectivity index (χ2n) is 6.01. The number of pyridine rings is 1. The highest BCUT2D eigenvalue weighted by Gasteiger charge is 2.29. The molecule has 0 amide bonds. The number of ether oxygens (including phenoxy) is 1. The van der Waals surface area contributed by atoms with Gasteiger partial charge >= 0.3 is 5.97 Å². The Morgan fingerprint density at radius 1 is 1.47 bits per heavy atom. The van der Waals surface area contributed by atoms with Crippen LogP contribution in [0.5, 0.6) is 0 Å². The van der Waals surface area contributed by atoms with E-state index < -0.39 is 0 Å². The molecule has 1 aromatic heterocycles. The number of carbonyl (C=O) groups is 1. The van der Waals surface area contributed by atoms with Crippen LogP contribution in [0.15, 0.2) is 18.3 Å². The van der Waals surface area contributed by atoms with Gasteiger partial charge in [-0.25, -0.2) is 4.79 Å². The Kier molecular flexibility index (Phi) is 4.20. The van der Waals surface area contributed by atoms with E-state index in [1.54, 1.807) is 18.3 Å². The Morgan fingerprint density at radius 3 is 2.79 bits per heavy atom. The molecule has 0 saturated heterocycles. The summed E-state index contributed by atoms with van der Waals surface area (Å²) in [7, 11) is 0. The summed E-state index contributed by atoms with van der Waals surface area (Å²) in [4.78, 5) is 16.1. The maximum atomic E-state index is 12.1. The summed E-state index contributed by atoms with van der Waals surface area (Å²) in [6, 6.07) is 3.38. The number of hydrogen-bond acceptors (Lipinski definition) is 4. The van der Waals surface area contributed by atoms with Crippen LogP contribution in [0, 0.1) is 5.41 Å². The minimum atomic E-state index is -0.262. The molecule has 0 bridgehead atoms. The fraction of sp³-hybridized carbons (Fsp3) is 0.600. The van der Waals surface area contributed by atoms with E-state index in [2.05, 4.69) is 18.8 Å². The lowest BCUT2D eigenvalue weighted by molar-refractivity contribution is 0.00949. The summed E-state index contributed by atoms with van der Waals surface area (Å²) in [6.07, 6.45) is 5.77. The molecular weight excluding hydrogens is 240 g/mol. The SMILES string of the molecule is CC1(C)CCC(OC(=O)c2ccnc(CN)c2)CC1. The van der Waals surface area contributed by atoms with Gasteiger partial charge in [0, 0.05) is 12.7 Å². The van der Waals surface area contributed by atoms with Crippen LogP contribution in [0.3, 0.4) is 0 Å². The monoisotopic (exact) mass is 262 g/mol. The molecule has 4 nitrogen and oxygen atoms in total. The zero-order valence-electron chi connectivity index (χ0n) is 11.7. The Bertz CT molecular complexity index is 447. The maximum absolute atomic E-state index is 12.1. The summed E-state index contributed by atoms with van der Waals surface area (Å²) in [5, 5.41) is 0. The summed E-state index contributed by atoms with van der Waals surface area (Å²) in [5.41, 5.74) is 7.15. The fourth-order valence-corrected chi connectivity index (χ4v) is 2.43. The average molecular weight is 262 g/mol. The van der Waals surface area contributed by atoms with Gasteiger partial charge in [-0.1, -0.05) is 13.8 Å². The van der Waals surface area contributed by atoms with Crippen LogP contribution in [-0.4, -0.2) is 17.1 Å². The van der Waals surface area contributed by atoms with Gasteiger partial charge in [0.05, 0.1) is 11.3 Å². The number of nitrogens with zero attached hydrogens (tertiary/aromatic N) is 1. The van der Waals surface area contributed by atoms with E-state index in [0.29, 0.717) is 23.2 Å². The molecule has 0 unspecified atom stereocenters. The molecule has 1 heterocycles. The summed E-state index contributed by atoms with van der Waals surface area (Å²) < 4.78 is 5.56. The predicted octanol–water partition coefficient (Wildman–Crippen LogP) is 2.67. The lowest BCUT2D eigenvalue weighted by Crippen LogP contribution is -2.28. The lowest BCUT2D eigenvalue weighted by atomic mass is 9.76. The van der Waals surface area contributed by atoms with Crippen LogP contribution in [0.25, 0.3) is 0 Å². The average Bonchev–Trinajstić information content (AvgIpc) is 2.41. The van der Waals surface area contributed by atoms with Gasteiger partial charge in [-0.05, 0) is 43.2 Å². The summed E-state index contributed by atoms with van der Waals surface area (Å²) in [5.74, 6) is -0.262. The van der Waals surface area contributed by atoms with Crippen molar-refractivity contribution in [2.75, 3.05) is 0 Å². The standard InChI is InChI=1S/C15H22N2O2/c1-15(2)6-3-13(4-7-15)19-14(18)11-5-8-17-12(9-11)10-16/h5,8-9,13H,3-4,6-7,10,16H2,1-2H3. The Hall–Kier alpha value is -1.42. The van der Waals surface area contributed by atoms with E-state index in [1.807, 2.05) is 0 Å². The number of rotatable bonds is 3. The molecule has 0 atom stereocenters. The smallest absolute Gasteiger partial charge is 0.338 e. The van der Waals surface area contributed by atoms with Crippen LogP contribution in [0.2, 0.25) is 0 Å². The van der Waals surface area contributed by atoms with Gasteiger partial charge in [0.1, 0.15) is 6.10 Å². The molecule has 1 aromatic rings. The highest BCUT2D eigenvalue weighted by Crippen LogP contribution is 2.36. The number of nitrogens with two attached hydrogens (primary N) is 1. The van der Waals surface area contributed by atoms with Crippen molar-refractivity contribution < 1.29 is 9.53 Å². The first-order valence-electron chi connectivity index (χ1n) is 6.86. The largest absolute Gasteiger partial charge is 0.459 e. The molecule has 2 N–H and O–H groups in total. The van der Waals surface area contributed by atoms with Gasteiger partial charge in [-0.2, -0.15) is 0 Å². The lowest BCUT2D eigenvalue weighted by Gasteiger charge is -2.33. The number of aromatic nitrogens is 1. The van der Waals surface area contributed by atoms with Crippen LogP contribution < -0.4 is 5.73 Å². The Morgan fingerprint density at radius 2 is 2.16 bits per heavy atom.